The lowest BCUT2D eigenvalue weighted by Gasteiger charge is -2.21. The van der Waals surface area contributed by atoms with E-state index in [1.807, 2.05) is 32.0 Å². The van der Waals surface area contributed by atoms with E-state index in [1.165, 1.54) is 0 Å². The van der Waals surface area contributed by atoms with E-state index in [9.17, 15) is 14.7 Å². The van der Waals surface area contributed by atoms with Gasteiger partial charge in [0.05, 0.1) is 35.1 Å². The van der Waals surface area contributed by atoms with Crippen LogP contribution < -0.4 is 10.3 Å². The second-order valence-corrected chi connectivity index (χ2v) is 7.98. The molecule has 0 spiro atoms. The number of aliphatic hydroxyl groups excluding tert-OH is 1. The summed E-state index contributed by atoms with van der Waals surface area (Å²) in [6, 6.07) is 7.55. The molecule has 0 amide bonds. The summed E-state index contributed by atoms with van der Waals surface area (Å²) in [5.74, 6) is 0.0549. The van der Waals surface area contributed by atoms with Crippen LogP contribution in [0.15, 0.2) is 29.1 Å². The standard InChI is InChI=1S/C23H22N2O5/c1-4-13-14-7-12(30-11(2)3)5-6-18(14)24-20-16(13)9-25-19(20)8-15-17(22(25)27)10-29-23(28)21(15)26/h5-8,11,21,26H,4,9-10H2,1-3H3. The van der Waals surface area contributed by atoms with Crippen LogP contribution in [0.2, 0.25) is 0 Å². The van der Waals surface area contributed by atoms with Gasteiger partial charge in [-0.3, -0.25) is 4.79 Å². The first-order valence-corrected chi connectivity index (χ1v) is 10.1. The molecule has 0 fully saturated rings. The first-order valence-electron chi connectivity index (χ1n) is 10.1. The molecule has 0 radical (unpaired) electrons. The Kier molecular flexibility index (Phi) is 4.18. The largest absolute Gasteiger partial charge is 0.491 e. The zero-order valence-electron chi connectivity index (χ0n) is 17.1. The number of benzene rings is 1. The van der Waals surface area contributed by atoms with Crippen LogP contribution in [0.25, 0.3) is 22.3 Å². The number of carbonyl (C=O) groups excluding carboxylic acids is 1. The maximum atomic E-state index is 13.1. The molecule has 0 bridgehead atoms. The fraction of sp³-hybridized carbons (Fsp3) is 0.348. The molecule has 154 valence electrons. The number of fused-ring (bicyclic) bond motifs is 5. The van der Waals surface area contributed by atoms with Crippen molar-refractivity contribution >= 4 is 16.9 Å². The van der Waals surface area contributed by atoms with Gasteiger partial charge in [-0.15, -0.1) is 0 Å². The molecule has 0 aliphatic carbocycles. The highest BCUT2D eigenvalue weighted by Gasteiger charge is 2.34. The molecule has 2 aromatic heterocycles. The highest BCUT2D eigenvalue weighted by molar-refractivity contribution is 5.89. The fourth-order valence-electron chi connectivity index (χ4n) is 4.44. The normalized spacial score (nSPS) is 17.0. The molecular weight excluding hydrogens is 384 g/mol. The molecule has 30 heavy (non-hydrogen) atoms. The van der Waals surface area contributed by atoms with E-state index in [1.54, 1.807) is 10.6 Å². The minimum Gasteiger partial charge on any atom is -0.491 e. The molecule has 7 nitrogen and oxygen atoms in total. The Morgan fingerprint density at radius 3 is 2.80 bits per heavy atom. The predicted molar refractivity (Wildman–Crippen MR) is 110 cm³/mol. The van der Waals surface area contributed by atoms with Crippen molar-refractivity contribution in [3.05, 3.63) is 56.9 Å². The zero-order valence-corrected chi connectivity index (χ0v) is 17.1. The van der Waals surface area contributed by atoms with E-state index < -0.39 is 12.1 Å². The minimum atomic E-state index is -1.45. The molecule has 5 rings (SSSR count). The maximum Gasteiger partial charge on any atom is 0.340 e. The number of nitrogens with zero attached hydrogens (tertiary/aromatic N) is 2. The monoisotopic (exact) mass is 406 g/mol. The van der Waals surface area contributed by atoms with Gasteiger partial charge >= 0.3 is 5.97 Å². The second kappa shape index (κ2) is 6.67. The zero-order chi connectivity index (χ0) is 21.2. The number of hydrogen-bond acceptors (Lipinski definition) is 6. The second-order valence-electron chi connectivity index (χ2n) is 7.98. The molecule has 1 atom stereocenters. The minimum absolute atomic E-state index is 0.0698. The van der Waals surface area contributed by atoms with Gasteiger partial charge in [0.2, 0.25) is 0 Å². The summed E-state index contributed by atoms with van der Waals surface area (Å²) in [6.07, 6.45) is -0.599. The van der Waals surface area contributed by atoms with Gasteiger partial charge in [-0.1, -0.05) is 6.92 Å². The van der Waals surface area contributed by atoms with Gasteiger partial charge in [0.1, 0.15) is 12.4 Å². The van der Waals surface area contributed by atoms with Gasteiger partial charge in [0, 0.05) is 16.5 Å². The van der Waals surface area contributed by atoms with Crippen molar-refractivity contribution in [3.63, 3.8) is 0 Å². The highest BCUT2D eigenvalue weighted by atomic mass is 16.5. The topological polar surface area (TPSA) is 90.6 Å². The third-order valence-electron chi connectivity index (χ3n) is 5.77. The number of ether oxygens (including phenoxy) is 2. The van der Waals surface area contributed by atoms with E-state index in [0.29, 0.717) is 23.4 Å². The first kappa shape index (κ1) is 18.8. The number of hydrogen-bond donors (Lipinski definition) is 1. The lowest BCUT2D eigenvalue weighted by Crippen LogP contribution is -2.32. The van der Waals surface area contributed by atoms with Crippen molar-refractivity contribution in [2.45, 2.75) is 52.6 Å². The van der Waals surface area contributed by atoms with Gasteiger partial charge in [-0.05, 0) is 50.1 Å². The van der Waals surface area contributed by atoms with Crippen molar-refractivity contribution in [3.8, 4) is 17.1 Å². The fourth-order valence-corrected chi connectivity index (χ4v) is 4.44. The SMILES string of the molecule is CCc1c2c(nc3ccc(OC(C)C)cc13)-c1cc3c(c(=O)n1C2)COC(=O)C3O. The number of pyridine rings is 2. The van der Waals surface area contributed by atoms with Crippen LogP contribution in [0.1, 0.15) is 49.1 Å². The first-order chi connectivity index (χ1) is 14.4. The molecule has 3 aromatic rings. The van der Waals surface area contributed by atoms with E-state index in [-0.39, 0.29) is 18.3 Å². The molecule has 0 saturated carbocycles. The van der Waals surface area contributed by atoms with Crippen molar-refractivity contribution in [2.75, 3.05) is 0 Å². The Labute approximate surface area is 172 Å². The number of esters is 1. The van der Waals surface area contributed by atoms with Gasteiger partial charge in [0.25, 0.3) is 5.56 Å². The quantitative estimate of drug-likeness (QED) is 0.526. The van der Waals surface area contributed by atoms with Gasteiger partial charge in [-0.25, -0.2) is 9.78 Å². The highest BCUT2D eigenvalue weighted by Crippen LogP contribution is 2.38. The average Bonchev–Trinajstić information content (AvgIpc) is 3.07. The summed E-state index contributed by atoms with van der Waals surface area (Å²) < 4.78 is 12.5. The maximum absolute atomic E-state index is 13.1. The number of aromatic nitrogens is 2. The number of cyclic esters (lactones) is 1. The summed E-state index contributed by atoms with van der Waals surface area (Å²) >= 11 is 0. The molecule has 1 unspecified atom stereocenters. The molecule has 0 saturated heterocycles. The van der Waals surface area contributed by atoms with Crippen LogP contribution in [0.5, 0.6) is 5.75 Å². The predicted octanol–water partition coefficient (Wildman–Crippen LogP) is 2.87. The Bertz CT molecular complexity index is 1280. The van der Waals surface area contributed by atoms with Crippen LogP contribution in [0.3, 0.4) is 0 Å². The summed E-state index contributed by atoms with van der Waals surface area (Å²) in [5.41, 5.74) is 4.68. The summed E-state index contributed by atoms with van der Waals surface area (Å²) in [6.45, 7) is 6.34. The van der Waals surface area contributed by atoms with Gasteiger partial charge < -0.3 is 19.1 Å². The number of aryl methyl sites for hydroxylation is 1. The van der Waals surface area contributed by atoms with E-state index in [0.717, 1.165) is 39.9 Å². The van der Waals surface area contributed by atoms with E-state index >= 15 is 0 Å². The average molecular weight is 406 g/mol. The van der Waals surface area contributed by atoms with Crippen LogP contribution in [-0.4, -0.2) is 26.7 Å². The van der Waals surface area contributed by atoms with Crippen molar-refractivity contribution in [1.82, 2.24) is 9.55 Å². The van der Waals surface area contributed by atoms with Gasteiger partial charge in [0.15, 0.2) is 6.10 Å². The third-order valence-corrected chi connectivity index (χ3v) is 5.77. The Morgan fingerprint density at radius 1 is 1.27 bits per heavy atom. The smallest absolute Gasteiger partial charge is 0.340 e. The lowest BCUT2D eigenvalue weighted by atomic mass is 9.97. The third kappa shape index (κ3) is 2.65. The van der Waals surface area contributed by atoms with Crippen molar-refractivity contribution in [1.29, 1.82) is 0 Å². The summed E-state index contributed by atoms with van der Waals surface area (Å²) in [4.78, 5) is 29.7. The molecule has 1 aromatic carbocycles. The molecule has 7 heteroatoms. The van der Waals surface area contributed by atoms with Crippen LogP contribution in [0, 0.1) is 0 Å². The summed E-state index contributed by atoms with van der Waals surface area (Å²) in [7, 11) is 0. The van der Waals surface area contributed by atoms with Crippen molar-refractivity contribution in [2.24, 2.45) is 0 Å². The van der Waals surface area contributed by atoms with Crippen LogP contribution >= 0.6 is 0 Å². The van der Waals surface area contributed by atoms with Crippen LogP contribution in [0.4, 0.5) is 0 Å². The van der Waals surface area contributed by atoms with Gasteiger partial charge in [-0.2, -0.15) is 0 Å². The molecule has 2 aliphatic heterocycles. The number of aliphatic hydroxyl groups is 1. The Hall–Kier alpha value is -3.19. The number of rotatable bonds is 3. The summed E-state index contributed by atoms with van der Waals surface area (Å²) in [5, 5.41) is 11.3. The molecule has 1 N–H and O–H groups in total. The lowest BCUT2D eigenvalue weighted by molar-refractivity contribution is -0.157. The molecular formula is C23H22N2O5. The van der Waals surface area contributed by atoms with Crippen LogP contribution in [-0.2, 0) is 29.1 Å². The van der Waals surface area contributed by atoms with Crippen molar-refractivity contribution < 1.29 is 19.4 Å². The molecule has 4 heterocycles. The Balaban J connectivity index is 1.74. The molecule has 2 aliphatic rings. The van der Waals surface area contributed by atoms with E-state index in [4.69, 9.17) is 14.5 Å². The number of carbonyl (C=O) groups is 1. The Morgan fingerprint density at radius 2 is 2.07 bits per heavy atom. The van der Waals surface area contributed by atoms with E-state index in [2.05, 4.69) is 6.92 Å².